The maximum Gasteiger partial charge on any atom is 0.203 e. The summed E-state index contributed by atoms with van der Waals surface area (Å²) in [6.07, 6.45) is 0. The van der Waals surface area contributed by atoms with Gasteiger partial charge in [-0.15, -0.1) is 0 Å². The molecule has 6 nitrogen and oxygen atoms in total. The highest BCUT2D eigenvalue weighted by Crippen LogP contribution is 2.55. The van der Waals surface area contributed by atoms with E-state index in [1.165, 1.54) is 21.5 Å². The predicted molar refractivity (Wildman–Crippen MR) is 227 cm³/mol. The molecule has 0 aliphatic rings. The van der Waals surface area contributed by atoms with Crippen molar-refractivity contribution in [2.45, 2.75) is 0 Å². The van der Waals surface area contributed by atoms with Gasteiger partial charge in [-0.05, 0) is 89.3 Å². The second-order valence-electron chi connectivity index (χ2n) is 13.9. The molecule has 6 heteroatoms. The largest absolute Gasteiger partial charge is 0.504 e. The molecule has 55 heavy (non-hydrogen) atoms. The number of hydrogen-bond acceptors (Lipinski definition) is 6. The number of fused-ring (bicyclic) bond motifs is 7. The summed E-state index contributed by atoms with van der Waals surface area (Å²) in [4.78, 5) is 5.44. The number of phenols is 3. The third-order valence-electron chi connectivity index (χ3n) is 10.9. The lowest BCUT2D eigenvalue weighted by atomic mass is 9.84. The van der Waals surface area contributed by atoms with Crippen LogP contribution in [-0.2, 0) is 0 Å². The first kappa shape index (κ1) is 32.1. The van der Waals surface area contributed by atoms with E-state index in [2.05, 4.69) is 97.1 Å². The third-order valence-corrected chi connectivity index (χ3v) is 10.9. The molecule has 0 unspecified atom stereocenters. The van der Waals surface area contributed by atoms with E-state index in [1.807, 2.05) is 60.7 Å². The first-order valence-electron chi connectivity index (χ1n) is 18.1. The maximum atomic E-state index is 11.5. The molecule has 1 heterocycles. The second kappa shape index (κ2) is 12.3. The Labute approximate surface area is 315 Å². The van der Waals surface area contributed by atoms with Crippen molar-refractivity contribution in [1.82, 2.24) is 4.98 Å². The average Bonchev–Trinajstić information content (AvgIpc) is 3.24. The van der Waals surface area contributed by atoms with Crippen LogP contribution in [0.1, 0.15) is 0 Å². The summed E-state index contributed by atoms with van der Waals surface area (Å²) >= 11 is 0. The average molecular weight is 712 g/mol. The van der Waals surface area contributed by atoms with Gasteiger partial charge in [-0.3, -0.25) is 0 Å². The van der Waals surface area contributed by atoms with Crippen LogP contribution < -0.4 is 11.5 Å². The number of benzene rings is 9. The lowest BCUT2D eigenvalue weighted by Crippen LogP contribution is -2.01. The van der Waals surface area contributed by atoms with Crippen molar-refractivity contribution in [2.24, 2.45) is 0 Å². The number of hydrogen-bond donors (Lipinski definition) is 5. The van der Waals surface area contributed by atoms with Crippen molar-refractivity contribution < 1.29 is 15.3 Å². The van der Waals surface area contributed by atoms with Crippen LogP contribution in [-0.4, -0.2) is 20.3 Å². The summed E-state index contributed by atoms with van der Waals surface area (Å²) in [5.41, 5.74) is 18.8. The topological polar surface area (TPSA) is 126 Å². The number of nitrogens with two attached hydrogens (primary N) is 2. The Kier molecular flexibility index (Phi) is 7.15. The molecule has 0 spiro atoms. The zero-order valence-electron chi connectivity index (χ0n) is 29.5. The molecule has 0 aliphatic heterocycles. The molecule has 0 amide bonds. The number of aromatic hydroxyl groups is 3. The molecule has 0 saturated carbocycles. The zero-order chi connectivity index (χ0) is 37.4. The van der Waals surface area contributed by atoms with E-state index >= 15 is 0 Å². The van der Waals surface area contributed by atoms with E-state index < -0.39 is 17.2 Å². The van der Waals surface area contributed by atoms with E-state index in [4.69, 9.17) is 16.5 Å². The monoisotopic (exact) mass is 711 g/mol. The smallest absolute Gasteiger partial charge is 0.203 e. The number of rotatable bonds is 4. The predicted octanol–water partition coefficient (Wildman–Crippen LogP) is 11.8. The minimum Gasteiger partial charge on any atom is -0.504 e. The minimum absolute atomic E-state index is 0.0343. The zero-order valence-corrected chi connectivity index (χ0v) is 29.5. The minimum atomic E-state index is -0.730. The molecule has 10 aromatic rings. The first-order valence-corrected chi connectivity index (χ1v) is 18.1. The molecule has 0 saturated heterocycles. The number of phenolic OH excluding ortho intramolecular Hbond substituents is 3. The molecule has 0 atom stereocenters. The number of nitrogens with zero attached hydrogens (tertiary/aromatic N) is 1. The van der Waals surface area contributed by atoms with Crippen LogP contribution >= 0.6 is 0 Å². The fourth-order valence-electron chi connectivity index (χ4n) is 8.33. The van der Waals surface area contributed by atoms with Gasteiger partial charge >= 0.3 is 0 Å². The van der Waals surface area contributed by atoms with Crippen molar-refractivity contribution in [3.8, 4) is 62.0 Å². The Balaban J connectivity index is 1.30. The summed E-state index contributed by atoms with van der Waals surface area (Å²) in [6.45, 7) is 0. The molecule has 0 fully saturated rings. The molecule has 1 aromatic heterocycles. The van der Waals surface area contributed by atoms with Gasteiger partial charge in [-0.1, -0.05) is 133 Å². The van der Waals surface area contributed by atoms with Crippen molar-refractivity contribution in [1.29, 1.82) is 0 Å². The number of anilines is 2. The fraction of sp³-hybridized carbons (Fsp3) is 0. The molecular formula is C49H33N3O3. The lowest BCUT2D eigenvalue weighted by molar-refractivity contribution is 0.370. The molecule has 0 bridgehead atoms. The van der Waals surface area contributed by atoms with Gasteiger partial charge in [0.25, 0.3) is 0 Å². The summed E-state index contributed by atoms with van der Waals surface area (Å²) < 4.78 is 0. The van der Waals surface area contributed by atoms with Gasteiger partial charge in [-0.2, -0.15) is 0 Å². The van der Waals surface area contributed by atoms with Crippen LogP contribution in [0.15, 0.2) is 158 Å². The Morgan fingerprint density at radius 2 is 0.945 bits per heavy atom. The summed E-state index contributed by atoms with van der Waals surface area (Å²) in [5.74, 6) is -1.94. The molecule has 7 N–H and O–H groups in total. The summed E-state index contributed by atoms with van der Waals surface area (Å²) in [7, 11) is 0. The molecule has 0 radical (unpaired) electrons. The standard InChI is InChI=1S/C49H33N3O3/c50-45-44(47(53)49(55)48(54)46(45)51)43-35-18-9-8-17-34(35)42(36-24-22-29(25-39(36)43)27-11-2-1-3-12-27)41-20-10-19-40(52-41)38-26-37-30-14-5-4-13-28(30)21-23-33(37)31-15-6-7-16-32(31)38/h1-26,53-55H,50-51H2. The van der Waals surface area contributed by atoms with E-state index in [1.54, 1.807) is 0 Å². The van der Waals surface area contributed by atoms with Gasteiger partial charge in [0.05, 0.1) is 22.6 Å². The van der Waals surface area contributed by atoms with E-state index in [-0.39, 0.29) is 16.9 Å². The van der Waals surface area contributed by atoms with Crippen molar-refractivity contribution in [2.75, 3.05) is 11.5 Å². The van der Waals surface area contributed by atoms with Crippen LogP contribution in [0.3, 0.4) is 0 Å². The Morgan fingerprint density at radius 3 is 1.73 bits per heavy atom. The van der Waals surface area contributed by atoms with Gasteiger partial charge in [0, 0.05) is 16.7 Å². The van der Waals surface area contributed by atoms with Crippen LogP contribution in [0, 0.1) is 0 Å². The van der Waals surface area contributed by atoms with Crippen molar-refractivity contribution in [3.05, 3.63) is 158 Å². The number of pyridine rings is 1. The SMILES string of the molecule is Nc1c(N)c(-c2c3ccccc3c(-c3cccc(-c4cc5c6ccccc6ccc5c5ccccc45)n3)c3ccc(-c4ccccc4)cc23)c(O)c(O)c1O. The Bertz CT molecular complexity index is 3180. The highest BCUT2D eigenvalue weighted by atomic mass is 16.3. The third kappa shape index (κ3) is 4.85. The van der Waals surface area contributed by atoms with Crippen LogP contribution in [0.2, 0.25) is 0 Å². The fourth-order valence-corrected chi connectivity index (χ4v) is 8.33. The van der Waals surface area contributed by atoms with Gasteiger partial charge in [-0.25, -0.2) is 4.98 Å². The molecular weight excluding hydrogens is 679 g/mol. The maximum absolute atomic E-state index is 11.5. The highest BCUT2D eigenvalue weighted by Gasteiger charge is 2.27. The van der Waals surface area contributed by atoms with E-state index in [0.29, 0.717) is 5.56 Å². The van der Waals surface area contributed by atoms with Gasteiger partial charge in [0.15, 0.2) is 11.5 Å². The van der Waals surface area contributed by atoms with Gasteiger partial charge < -0.3 is 26.8 Å². The highest BCUT2D eigenvalue weighted by molar-refractivity contribution is 6.24. The lowest BCUT2D eigenvalue weighted by Gasteiger charge is -2.21. The number of aromatic nitrogens is 1. The Morgan fingerprint density at radius 1 is 0.345 bits per heavy atom. The number of nitrogen functional groups attached to an aromatic ring is 2. The molecule has 9 aromatic carbocycles. The Hall–Kier alpha value is -7.57. The van der Waals surface area contributed by atoms with Gasteiger partial charge in [0.2, 0.25) is 5.75 Å². The summed E-state index contributed by atoms with van der Waals surface area (Å²) in [5, 5.41) is 43.1. The second-order valence-corrected chi connectivity index (χ2v) is 13.9. The quantitative estimate of drug-likeness (QED) is 0.0407. The summed E-state index contributed by atoms with van der Waals surface area (Å²) in [6, 6.07) is 53.9. The molecule has 262 valence electrons. The van der Waals surface area contributed by atoms with Crippen molar-refractivity contribution >= 4 is 65.2 Å². The van der Waals surface area contributed by atoms with Crippen molar-refractivity contribution in [3.63, 3.8) is 0 Å². The first-order chi connectivity index (χ1) is 26.9. The van der Waals surface area contributed by atoms with Gasteiger partial charge in [0.1, 0.15) is 5.69 Å². The van der Waals surface area contributed by atoms with E-state index in [9.17, 15) is 15.3 Å². The van der Waals surface area contributed by atoms with Crippen LogP contribution in [0.5, 0.6) is 17.2 Å². The molecule has 0 aliphatic carbocycles. The molecule has 10 rings (SSSR count). The van der Waals surface area contributed by atoms with E-state index in [0.717, 1.165) is 66.0 Å². The van der Waals surface area contributed by atoms with Crippen LogP contribution in [0.25, 0.3) is 98.6 Å². The normalized spacial score (nSPS) is 11.6. The van der Waals surface area contributed by atoms with Crippen LogP contribution in [0.4, 0.5) is 11.4 Å².